The fourth-order valence-electron chi connectivity index (χ4n) is 1.70. The fraction of sp³-hybridized carbons (Fsp3) is 0.800. The molecule has 0 amide bonds. The van der Waals surface area contributed by atoms with Gasteiger partial charge in [-0.05, 0) is 43.6 Å². The molecule has 0 aliphatic heterocycles. The van der Waals surface area contributed by atoms with Crippen molar-refractivity contribution in [2.45, 2.75) is 46.1 Å². The molecule has 11 heteroatoms. The van der Waals surface area contributed by atoms with Crippen LogP contribution in [0, 0.1) is 5.92 Å². The third-order valence-electron chi connectivity index (χ3n) is 2.74. The number of carbonyl (C=O) groups excluding carboxylic acids is 2. The molecule has 26 heavy (non-hydrogen) atoms. The number of alkyl halides is 1. The van der Waals surface area contributed by atoms with Gasteiger partial charge < -0.3 is 23.4 Å². The minimum absolute atomic E-state index is 0.00604. The lowest BCUT2D eigenvalue weighted by molar-refractivity contribution is -0.176. The minimum atomic E-state index is -3.76. The Morgan fingerprint density at radius 1 is 0.962 bits per heavy atom. The van der Waals surface area contributed by atoms with Crippen molar-refractivity contribution in [3.8, 4) is 0 Å². The SMILES string of the molecule is CCOC(=O)C(Br)(O/N=C(/C(C)C)P(=O)(OCC)OCC)C(=O)OCC. The van der Waals surface area contributed by atoms with Crippen LogP contribution in [0.2, 0.25) is 0 Å². The Labute approximate surface area is 162 Å². The van der Waals surface area contributed by atoms with Gasteiger partial charge in [0.15, 0.2) is 5.45 Å². The maximum Gasteiger partial charge on any atom is 0.381 e. The van der Waals surface area contributed by atoms with E-state index in [1.807, 2.05) is 0 Å². The maximum atomic E-state index is 13.0. The molecular formula is C15H27BrNO8P. The zero-order valence-electron chi connectivity index (χ0n) is 15.9. The lowest BCUT2D eigenvalue weighted by Crippen LogP contribution is -2.45. The summed E-state index contributed by atoms with van der Waals surface area (Å²) >= 11 is 2.89. The highest BCUT2D eigenvalue weighted by atomic mass is 79.9. The van der Waals surface area contributed by atoms with E-state index in [1.54, 1.807) is 41.5 Å². The number of rotatable bonds is 12. The molecule has 0 unspecified atom stereocenters. The van der Waals surface area contributed by atoms with Gasteiger partial charge >= 0.3 is 24.0 Å². The summed E-state index contributed by atoms with van der Waals surface area (Å²) in [7, 11) is -3.76. The molecule has 0 aromatic carbocycles. The largest absolute Gasteiger partial charge is 0.462 e. The number of carbonyl (C=O) groups is 2. The van der Waals surface area contributed by atoms with Crippen molar-refractivity contribution in [1.82, 2.24) is 0 Å². The van der Waals surface area contributed by atoms with Gasteiger partial charge in [0.2, 0.25) is 0 Å². The molecule has 0 fully saturated rings. The molecule has 152 valence electrons. The van der Waals surface area contributed by atoms with Crippen LogP contribution in [0.5, 0.6) is 0 Å². The van der Waals surface area contributed by atoms with Crippen LogP contribution in [0.15, 0.2) is 5.16 Å². The van der Waals surface area contributed by atoms with E-state index in [0.717, 1.165) is 0 Å². The second kappa shape index (κ2) is 11.7. The lowest BCUT2D eigenvalue weighted by atomic mass is 10.2. The van der Waals surface area contributed by atoms with Gasteiger partial charge in [-0.1, -0.05) is 19.0 Å². The number of esters is 2. The molecule has 0 N–H and O–H groups in total. The Hall–Kier alpha value is -0.960. The third kappa shape index (κ3) is 6.64. The summed E-state index contributed by atoms with van der Waals surface area (Å²) in [6.45, 7) is 10.0. The van der Waals surface area contributed by atoms with Crippen molar-refractivity contribution in [3.63, 3.8) is 0 Å². The Kier molecular flexibility index (Phi) is 11.3. The van der Waals surface area contributed by atoms with Gasteiger partial charge in [0.1, 0.15) is 0 Å². The molecule has 0 heterocycles. The third-order valence-corrected chi connectivity index (χ3v) is 5.88. The van der Waals surface area contributed by atoms with E-state index in [1.165, 1.54) is 0 Å². The topological polar surface area (TPSA) is 110 Å². The molecule has 0 spiro atoms. The zero-order chi connectivity index (χ0) is 20.4. The van der Waals surface area contributed by atoms with Gasteiger partial charge in [-0.3, -0.25) is 4.57 Å². The van der Waals surface area contributed by atoms with E-state index in [4.69, 9.17) is 23.4 Å². The standard InChI is InChI=1S/C15H27BrNO8P/c1-7-21-13(18)15(16,14(19)22-8-2)25-17-12(11(5)6)26(20,23-9-3)24-10-4/h11H,7-10H2,1-6H3/b17-12-. The van der Waals surface area contributed by atoms with E-state index in [2.05, 4.69) is 21.1 Å². The molecular weight excluding hydrogens is 433 g/mol. The zero-order valence-corrected chi connectivity index (χ0v) is 18.4. The Morgan fingerprint density at radius 2 is 1.38 bits per heavy atom. The van der Waals surface area contributed by atoms with Gasteiger partial charge in [-0.2, -0.15) is 0 Å². The maximum absolute atomic E-state index is 13.0. The van der Waals surface area contributed by atoms with Gasteiger partial charge in [-0.25, -0.2) is 9.59 Å². The van der Waals surface area contributed by atoms with Gasteiger partial charge in [0, 0.05) is 5.92 Å². The average molecular weight is 460 g/mol. The van der Waals surface area contributed by atoms with Crippen LogP contribution in [0.1, 0.15) is 41.5 Å². The van der Waals surface area contributed by atoms with E-state index in [-0.39, 0.29) is 31.9 Å². The van der Waals surface area contributed by atoms with Crippen molar-refractivity contribution < 1.29 is 37.5 Å². The Bertz CT molecular complexity index is 524. The predicted molar refractivity (Wildman–Crippen MR) is 99.1 cm³/mol. The van der Waals surface area contributed by atoms with E-state index < -0.39 is 30.0 Å². The molecule has 0 radical (unpaired) electrons. The first-order valence-electron chi connectivity index (χ1n) is 8.31. The quantitative estimate of drug-likeness (QED) is 0.109. The van der Waals surface area contributed by atoms with Gasteiger partial charge in [0.25, 0.3) is 0 Å². The highest BCUT2D eigenvalue weighted by Gasteiger charge is 2.51. The minimum Gasteiger partial charge on any atom is -0.462 e. The molecule has 0 saturated heterocycles. The van der Waals surface area contributed by atoms with Crippen LogP contribution in [-0.2, 0) is 37.5 Å². The number of hydrogen-bond donors (Lipinski definition) is 0. The summed E-state index contributed by atoms with van der Waals surface area (Å²) in [6, 6.07) is 0. The summed E-state index contributed by atoms with van der Waals surface area (Å²) < 4.78 is 30.8. The molecule has 0 bridgehead atoms. The summed E-state index contributed by atoms with van der Waals surface area (Å²) in [5.74, 6) is -2.51. The highest BCUT2D eigenvalue weighted by molar-refractivity contribution is 9.10. The summed E-state index contributed by atoms with van der Waals surface area (Å²) in [6.07, 6.45) is 0. The first-order chi connectivity index (χ1) is 12.1. The van der Waals surface area contributed by atoms with Crippen molar-refractivity contribution in [2.75, 3.05) is 26.4 Å². The molecule has 9 nitrogen and oxygen atoms in total. The monoisotopic (exact) mass is 459 g/mol. The average Bonchev–Trinajstić information content (AvgIpc) is 2.55. The normalized spacial score (nSPS) is 12.8. The predicted octanol–water partition coefficient (Wildman–Crippen LogP) is 3.46. The fourth-order valence-corrected chi connectivity index (χ4v) is 3.79. The second-order valence-electron chi connectivity index (χ2n) is 5.06. The van der Waals surface area contributed by atoms with Crippen molar-refractivity contribution >= 4 is 40.9 Å². The van der Waals surface area contributed by atoms with Crippen LogP contribution in [0.3, 0.4) is 0 Å². The first-order valence-corrected chi connectivity index (χ1v) is 10.6. The molecule has 0 aliphatic rings. The van der Waals surface area contributed by atoms with Crippen LogP contribution in [0.4, 0.5) is 0 Å². The number of halogens is 1. The second-order valence-corrected chi connectivity index (χ2v) is 8.15. The van der Waals surface area contributed by atoms with Crippen molar-refractivity contribution in [3.05, 3.63) is 0 Å². The van der Waals surface area contributed by atoms with Crippen LogP contribution in [0.25, 0.3) is 0 Å². The molecule has 0 aromatic rings. The van der Waals surface area contributed by atoms with Crippen molar-refractivity contribution in [1.29, 1.82) is 0 Å². The molecule has 0 atom stereocenters. The van der Waals surface area contributed by atoms with Crippen LogP contribution >= 0.6 is 23.5 Å². The van der Waals surface area contributed by atoms with Gasteiger partial charge in [0.05, 0.1) is 26.4 Å². The Morgan fingerprint density at radius 3 is 1.69 bits per heavy atom. The molecule has 0 aromatic heterocycles. The van der Waals surface area contributed by atoms with Crippen molar-refractivity contribution in [2.24, 2.45) is 11.1 Å². The summed E-state index contributed by atoms with van der Waals surface area (Å²) in [5, 5.41) is 3.77. The first kappa shape index (κ1) is 25.0. The molecule has 0 aliphatic carbocycles. The number of nitrogens with zero attached hydrogens (tertiary/aromatic N) is 1. The van der Waals surface area contributed by atoms with E-state index >= 15 is 0 Å². The van der Waals surface area contributed by atoms with Crippen LogP contribution < -0.4 is 0 Å². The lowest BCUT2D eigenvalue weighted by Gasteiger charge is -2.24. The summed E-state index contributed by atoms with van der Waals surface area (Å²) in [4.78, 5) is 29.5. The van der Waals surface area contributed by atoms with Crippen LogP contribution in [-0.4, -0.2) is 48.3 Å². The van der Waals surface area contributed by atoms with E-state index in [0.29, 0.717) is 0 Å². The molecule has 0 saturated carbocycles. The number of ether oxygens (including phenoxy) is 2. The summed E-state index contributed by atoms with van der Waals surface area (Å²) in [5.41, 5.74) is -0.0707. The van der Waals surface area contributed by atoms with Gasteiger partial charge in [-0.15, -0.1) is 0 Å². The Balaban J connectivity index is 5.92. The number of oxime groups is 1. The van der Waals surface area contributed by atoms with E-state index in [9.17, 15) is 14.2 Å². The smallest absolute Gasteiger partial charge is 0.381 e. The number of hydrogen-bond acceptors (Lipinski definition) is 9. The highest BCUT2D eigenvalue weighted by Crippen LogP contribution is 2.52. The molecule has 0 rings (SSSR count).